The van der Waals surface area contributed by atoms with Gasteiger partial charge in [-0.15, -0.1) is 0 Å². The molecule has 2 aromatic carbocycles. The van der Waals surface area contributed by atoms with Gasteiger partial charge in [0.1, 0.15) is 0 Å². The van der Waals surface area contributed by atoms with E-state index in [1.807, 2.05) is 61.5 Å². The lowest BCUT2D eigenvalue weighted by atomic mass is 9.93. The van der Waals surface area contributed by atoms with E-state index >= 15 is 0 Å². The minimum Gasteiger partial charge on any atom is -0.359 e. The van der Waals surface area contributed by atoms with E-state index in [0.29, 0.717) is 0 Å². The summed E-state index contributed by atoms with van der Waals surface area (Å²) >= 11 is 0. The van der Waals surface area contributed by atoms with Gasteiger partial charge in [-0.2, -0.15) is 0 Å². The number of carbonyl (C=O) groups excluding carboxylic acids is 2. The molecular weight excluding hydrogens is 338 g/mol. The average molecular weight is 359 g/mol. The van der Waals surface area contributed by atoms with Gasteiger partial charge >= 0.3 is 0 Å². The van der Waals surface area contributed by atoms with E-state index < -0.39 is 0 Å². The molecule has 0 aliphatic carbocycles. The maximum absolute atomic E-state index is 12.7. The van der Waals surface area contributed by atoms with Gasteiger partial charge in [-0.05, 0) is 48.4 Å². The van der Waals surface area contributed by atoms with Crippen LogP contribution in [0, 0.1) is 6.92 Å². The molecule has 0 radical (unpaired) electrons. The largest absolute Gasteiger partial charge is 0.359 e. The first-order valence-electron chi connectivity index (χ1n) is 8.96. The standard InChI is InChI=1S/C22H21N3O2/c1-14-11-17-12-18(7-8-20(17)23-14)24-22(27)13-21-19-6-4-3-5-16(19)9-10-25(21)15(2)26/h3-12,21,23H,13H2,1-2H3,(H,24,27)/t21-/m0/s1. The van der Waals surface area contributed by atoms with Crippen LogP contribution in [0.25, 0.3) is 17.0 Å². The summed E-state index contributed by atoms with van der Waals surface area (Å²) in [5.74, 6) is -0.203. The van der Waals surface area contributed by atoms with E-state index in [0.717, 1.165) is 33.4 Å². The van der Waals surface area contributed by atoms with Crippen molar-refractivity contribution in [3.05, 3.63) is 71.6 Å². The molecule has 1 atom stereocenters. The lowest BCUT2D eigenvalue weighted by molar-refractivity contribution is -0.129. The molecule has 0 unspecified atom stereocenters. The Hall–Kier alpha value is -3.34. The van der Waals surface area contributed by atoms with Crippen molar-refractivity contribution in [1.82, 2.24) is 9.88 Å². The van der Waals surface area contributed by atoms with E-state index in [2.05, 4.69) is 10.3 Å². The van der Waals surface area contributed by atoms with Crippen molar-refractivity contribution in [2.24, 2.45) is 0 Å². The zero-order valence-corrected chi connectivity index (χ0v) is 15.3. The summed E-state index contributed by atoms with van der Waals surface area (Å²) in [5.41, 5.74) is 4.90. The van der Waals surface area contributed by atoms with Crippen LogP contribution in [0.5, 0.6) is 0 Å². The Bertz CT molecular complexity index is 1060. The second kappa shape index (κ2) is 6.76. The highest BCUT2D eigenvalue weighted by molar-refractivity contribution is 5.94. The van der Waals surface area contributed by atoms with Crippen LogP contribution in [-0.4, -0.2) is 21.7 Å². The number of benzene rings is 2. The zero-order chi connectivity index (χ0) is 19.0. The molecular formula is C22H21N3O2. The Balaban J connectivity index is 1.56. The lowest BCUT2D eigenvalue weighted by Crippen LogP contribution is -2.33. The molecule has 0 saturated heterocycles. The summed E-state index contributed by atoms with van der Waals surface area (Å²) in [6.07, 6.45) is 3.87. The van der Waals surface area contributed by atoms with Gasteiger partial charge in [0.25, 0.3) is 0 Å². The first-order valence-corrected chi connectivity index (χ1v) is 8.96. The number of aromatic amines is 1. The van der Waals surface area contributed by atoms with Crippen LogP contribution < -0.4 is 5.32 Å². The minimum absolute atomic E-state index is 0.0808. The SMILES string of the molecule is CC(=O)N1C=Cc2ccccc2[C@@H]1CC(=O)Nc1ccc2[nH]c(C)cc2c1. The normalized spacial score (nSPS) is 15.6. The number of aryl methyl sites for hydroxylation is 1. The number of anilines is 1. The number of aromatic nitrogens is 1. The first-order chi connectivity index (χ1) is 13.0. The fourth-order valence-corrected chi connectivity index (χ4v) is 3.66. The summed E-state index contributed by atoms with van der Waals surface area (Å²) in [6, 6.07) is 15.4. The molecule has 2 amide bonds. The fourth-order valence-electron chi connectivity index (χ4n) is 3.66. The van der Waals surface area contributed by atoms with Gasteiger partial charge in [-0.25, -0.2) is 0 Å². The van der Waals surface area contributed by atoms with Crippen molar-refractivity contribution in [3.63, 3.8) is 0 Å². The van der Waals surface area contributed by atoms with Gasteiger partial charge in [-0.3, -0.25) is 9.59 Å². The Kier molecular flexibility index (Phi) is 4.28. The molecule has 0 fully saturated rings. The van der Waals surface area contributed by atoms with Crippen molar-refractivity contribution < 1.29 is 9.59 Å². The molecule has 5 heteroatoms. The molecule has 4 rings (SSSR count). The van der Waals surface area contributed by atoms with Gasteiger partial charge in [0.2, 0.25) is 11.8 Å². The maximum atomic E-state index is 12.7. The van der Waals surface area contributed by atoms with Crippen molar-refractivity contribution >= 4 is 34.5 Å². The highest BCUT2D eigenvalue weighted by atomic mass is 16.2. The number of H-pyrrole nitrogens is 1. The lowest BCUT2D eigenvalue weighted by Gasteiger charge is -2.32. The predicted molar refractivity (Wildman–Crippen MR) is 107 cm³/mol. The molecule has 1 aliphatic rings. The van der Waals surface area contributed by atoms with E-state index in [9.17, 15) is 9.59 Å². The molecule has 2 N–H and O–H groups in total. The molecule has 1 aliphatic heterocycles. The Morgan fingerprint density at radius 1 is 1.15 bits per heavy atom. The van der Waals surface area contributed by atoms with E-state index in [1.54, 1.807) is 11.1 Å². The molecule has 0 bridgehead atoms. The van der Waals surface area contributed by atoms with Crippen LogP contribution in [0.2, 0.25) is 0 Å². The highest BCUT2D eigenvalue weighted by Crippen LogP contribution is 2.33. The summed E-state index contributed by atoms with van der Waals surface area (Å²) in [5, 5.41) is 4.02. The third-order valence-electron chi connectivity index (χ3n) is 4.89. The molecule has 5 nitrogen and oxygen atoms in total. The first kappa shape index (κ1) is 17.1. The minimum atomic E-state index is -0.304. The summed E-state index contributed by atoms with van der Waals surface area (Å²) < 4.78 is 0. The second-order valence-electron chi connectivity index (χ2n) is 6.89. The molecule has 2 heterocycles. The predicted octanol–water partition coefficient (Wildman–Crippen LogP) is 4.38. The number of rotatable bonds is 3. The number of hydrogen-bond acceptors (Lipinski definition) is 2. The van der Waals surface area contributed by atoms with Crippen molar-refractivity contribution in [2.45, 2.75) is 26.3 Å². The monoisotopic (exact) mass is 359 g/mol. The van der Waals surface area contributed by atoms with Crippen molar-refractivity contribution in [3.8, 4) is 0 Å². The Morgan fingerprint density at radius 2 is 1.96 bits per heavy atom. The van der Waals surface area contributed by atoms with Crippen LogP contribution in [0.3, 0.4) is 0 Å². The quantitative estimate of drug-likeness (QED) is 0.729. The molecule has 3 aromatic rings. The molecule has 136 valence electrons. The molecule has 27 heavy (non-hydrogen) atoms. The summed E-state index contributed by atoms with van der Waals surface area (Å²) in [6.45, 7) is 3.52. The number of carbonyl (C=O) groups is 2. The van der Waals surface area contributed by atoms with Crippen molar-refractivity contribution in [1.29, 1.82) is 0 Å². The maximum Gasteiger partial charge on any atom is 0.226 e. The van der Waals surface area contributed by atoms with Crippen LogP contribution in [0.15, 0.2) is 54.7 Å². The van der Waals surface area contributed by atoms with E-state index in [1.165, 1.54) is 6.92 Å². The molecule has 0 spiro atoms. The summed E-state index contributed by atoms with van der Waals surface area (Å²) in [7, 11) is 0. The van der Waals surface area contributed by atoms with E-state index in [-0.39, 0.29) is 24.3 Å². The molecule has 0 saturated carbocycles. The Morgan fingerprint density at radius 3 is 2.78 bits per heavy atom. The number of nitrogens with zero attached hydrogens (tertiary/aromatic N) is 1. The van der Waals surface area contributed by atoms with Gasteiger partial charge in [-0.1, -0.05) is 24.3 Å². The Labute approximate surface area is 157 Å². The number of hydrogen-bond donors (Lipinski definition) is 2. The third kappa shape index (κ3) is 3.36. The third-order valence-corrected chi connectivity index (χ3v) is 4.89. The number of nitrogens with one attached hydrogen (secondary N) is 2. The number of fused-ring (bicyclic) bond motifs is 2. The van der Waals surface area contributed by atoms with Crippen LogP contribution in [0.1, 0.15) is 36.2 Å². The highest BCUT2D eigenvalue weighted by Gasteiger charge is 2.28. The van der Waals surface area contributed by atoms with Gasteiger partial charge in [0, 0.05) is 35.4 Å². The average Bonchev–Trinajstić information content (AvgIpc) is 3.01. The van der Waals surface area contributed by atoms with E-state index in [4.69, 9.17) is 0 Å². The molecule has 1 aromatic heterocycles. The van der Waals surface area contributed by atoms with Crippen LogP contribution >= 0.6 is 0 Å². The fraction of sp³-hybridized carbons (Fsp3) is 0.182. The number of amides is 2. The topological polar surface area (TPSA) is 65.2 Å². The van der Waals surface area contributed by atoms with Crippen LogP contribution in [-0.2, 0) is 9.59 Å². The van der Waals surface area contributed by atoms with Gasteiger partial charge in [0.15, 0.2) is 0 Å². The smallest absolute Gasteiger partial charge is 0.226 e. The zero-order valence-electron chi connectivity index (χ0n) is 15.3. The second-order valence-corrected chi connectivity index (χ2v) is 6.89. The van der Waals surface area contributed by atoms with Gasteiger partial charge in [0.05, 0.1) is 12.5 Å². The van der Waals surface area contributed by atoms with Crippen LogP contribution in [0.4, 0.5) is 5.69 Å². The summed E-state index contributed by atoms with van der Waals surface area (Å²) in [4.78, 5) is 29.7. The van der Waals surface area contributed by atoms with Gasteiger partial charge < -0.3 is 15.2 Å². The van der Waals surface area contributed by atoms with Crippen molar-refractivity contribution in [2.75, 3.05) is 5.32 Å².